The van der Waals surface area contributed by atoms with Crippen LogP contribution in [0.2, 0.25) is 0 Å². The Morgan fingerprint density at radius 3 is 2.64 bits per heavy atom. The first-order valence-corrected chi connectivity index (χ1v) is 14.3. The molecule has 10 nitrogen and oxygen atoms in total. The van der Waals surface area contributed by atoms with Crippen LogP contribution in [0, 0.1) is 0 Å². The highest BCUT2D eigenvalue weighted by molar-refractivity contribution is 7.93. The van der Waals surface area contributed by atoms with Gasteiger partial charge >= 0.3 is 6.36 Å². The highest BCUT2D eigenvalue weighted by Crippen LogP contribution is 2.35. The van der Waals surface area contributed by atoms with Crippen molar-refractivity contribution in [1.29, 1.82) is 0 Å². The van der Waals surface area contributed by atoms with Crippen LogP contribution in [0.15, 0.2) is 45.6 Å². The molecular formula is C24H28F3N5O5S2. The summed E-state index contributed by atoms with van der Waals surface area (Å²) in [5.74, 6) is -2.01. The van der Waals surface area contributed by atoms with Crippen molar-refractivity contribution in [3.63, 3.8) is 0 Å². The summed E-state index contributed by atoms with van der Waals surface area (Å²) in [6.07, 6.45) is -2.35. The van der Waals surface area contributed by atoms with E-state index >= 15 is 0 Å². The first kappa shape index (κ1) is 30.1. The lowest BCUT2D eigenvalue weighted by Crippen LogP contribution is -2.23. The minimum atomic E-state index is -5.03. The van der Waals surface area contributed by atoms with Crippen LogP contribution in [0.3, 0.4) is 0 Å². The summed E-state index contributed by atoms with van der Waals surface area (Å²) >= 11 is 1.02. The number of hydrogen-bond donors (Lipinski definition) is 2. The zero-order valence-corrected chi connectivity index (χ0v) is 23.0. The standard InChI is InChI=1S/C24H28F3N5O5S2/c1-5-17(19-13-38-23(31-19)32-39(34,35)16-8-9-16)22(33)30-18-10-7-15(11-20(18)37-24(25,26)27)14(3)29-21(12-28-4)36-6-2/h7,10-13,16-17H,4-6,8-9H2,1-3H3,(H,30,33)(H,31,32)/b21-12+,29-14?. The molecule has 1 heterocycles. The number of carbonyl (C=O) groups excluding carboxylic acids is 1. The van der Waals surface area contributed by atoms with Crippen molar-refractivity contribution in [2.24, 2.45) is 9.98 Å². The normalized spacial score (nSPS) is 15.4. The van der Waals surface area contributed by atoms with Crippen molar-refractivity contribution in [2.75, 3.05) is 16.6 Å². The summed E-state index contributed by atoms with van der Waals surface area (Å²) in [4.78, 5) is 25.1. The number of aliphatic imine (C=N–C) groups is 2. The van der Waals surface area contributed by atoms with Gasteiger partial charge in [-0.2, -0.15) is 0 Å². The maximum Gasteiger partial charge on any atom is 0.573 e. The van der Waals surface area contributed by atoms with E-state index in [4.69, 9.17) is 4.74 Å². The fourth-order valence-corrected chi connectivity index (χ4v) is 5.80. The number of anilines is 2. The van der Waals surface area contributed by atoms with Crippen LogP contribution in [-0.2, 0) is 19.6 Å². The molecule has 1 fully saturated rings. The van der Waals surface area contributed by atoms with E-state index in [0.29, 0.717) is 18.6 Å². The number of carbonyl (C=O) groups is 1. The number of rotatable bonds is 13. The fraction of sp³-hybridized carbons (Fsp3) is 0.417. The first-order chi connectivity index (χ1) is 18.4. The van der Waals surface area contributed by atoms with Crippen LogP contribution in [-0.4, -0.2) is 50.0 Å². The molecule has 0 radical (unpaired) electrons. The van der Waals surface area contributed by atoms with Crippen molar-refractivity contribution in [1.82, 2.24) is 4.98 Å². The lowest BCUT2D eigenvalue weighted by Gasteiger charge is -2.18. The van der Waals surface area contributed by atoms with E-state index in [1.54, 1.807) is 20.8 Å². The predicted octanol–water partition coefficient (Wildman–Crippen LogP) is 5.42. The van der Waals surface area contributed by atoms with Gasteiger partial charge in [-0.15, -0.1) is 24.5 Å². The maximum absolute atomic E-state index is 13.2. The highest BCUT2D eigenvalue weighted by atomic mass is 32.2. The zero-order chi connectivity index (χ0) is 28.8. The van der Waals surface area contributed by atoms with Gasteiger partial charge in [0.25, 0.3) is 0 Å². The van der Waals surface area contributed by atoms with Crippen LogP contribution < -0.4 is 14.8 Å². The van der Waals surface area contributed by atoms with Gasteiger partial charge in [0, 0.05) is 11.1 Å². The van der Waals surface area contributed by atoms with E-state index in [1.165, 1.54) is 23.7 Å². The van der Waals surface area contributed by atoms with Crippen molar-refractivity contribution in [2.45, 2.75) is 57.6 Å². The summed E-state index contributed by atoms with van der Waals surface area (Å²) in [7, 11) is -3.53. The van der Waals surface area contributed by atoms with Crippen molar-refractivity contribution >= 4 is 50.5 Å². The molecule has 2 aromatic rings. The first-order valence-electron chi connectivity index (χ1n) is 11.9. The molecule has 2 N–H and O–H groups in total. The van der Waals surface area contributed by atoms with E-state index in [0.717, 1.165) is 17.4 Å². The smallest absolute Gasteiger partial charge is 0.477 e. The summed E-state index contributed by atoms with van der Waals surface area (Å²) in [6.45, 7) is 8.62. The quantitative estimate of drug-likeness (QED) is 0.238. The van der Waals surface area contributed by atoms with E-state index in [9.17, 15) is 26.4 Å². The number of halogens is 3. The molecule has 1 aromatic heterocycles. The number of thiazole rings is 1. The molecule has 1 saturated carbocycles. The van der Waals surface area contributed by atoms with E-state index in [-0.39, 0.29) is 41.0 Å². The molecule has 15 heteroatoms. The number of alkyl halides is 3. The lowest BCUT2D eigenvalue weighted by atomic mass is 10.0. The second-order valence-corrected chi connectivity index (χ2v) is 11.2. The Labute approximate surface area is 228 Å². The summed E-state index contributed by atoms with van der Waals surface area (Å²) in [6, 6.07) is 3.84. The zero-order valence-electron chi connectivity index (χ0n) is 21.4. The molecule has 1 unspecified atom stereocenters. The number of benzene rings is 1. The van der Waals surface area contributed by atoms with Crippen LogP contribution in [0.5, 0.6) is 5.75 Å². The van der Waals surface area contributed by atoms with Gasteiger partial charge in [-0.1, -0.05) is 13.0 Å². The predicted molar refractivity (Wildman–Crippen MR) is 144 cm³/mol. The molecule has 0 saturated heterocycles. The SMILES string of the molecule is C=N/C=C(\N=C(C)c1ccc(NC(=O)C(CC)c2csc(NS(=O)(=O)C3CC3)n2)c(OC(F)(F)F)c1)OCC. The third-order valence-electron chi connectivity index (χ3n) is 5.45. The average Bonchev–Trinajstić information content (AvgIpc) is 3.62. The average molecular weight is 588 g/mol. The van der Waals surface area contributed by atoms with Crippen LogP contribution in [0.1, 0.15) is 57.2 Å². The van der Waals surface area contributed by atoms with Gasteiger partial charge in [0.1, 0.15) is 0 Å². The molecule has 1 atom stereocenters. The summed E-state index contributed by atoms with van der Waals surface area (Å²) in [5.41, 5.74) is 0.655. The minimum absolute atomic E-state index is 0.119. The number of ether oxygens (including phenoxy) is 2. The Morgan fingerprint density at radius 2 is 2.05 bits per heavy atom. The van der Waals surface area contributed by atoms with Crippen molar-refractivity contribution < 1.29 is 35.9 Å². The second kappa shape index (κ2) is 12.6. The molecule has 39 heavy (non-hydrogen) atoms. The summed E-state index contributed by atoms with van der Waals surface area (Å²) in [5, 5.41) is 3.69. The minimum Gasteiger partial charge on any atom is -0.477 e. The van der Waals surface area contributed by atoms with Gasteiger partial charge in [0.15, 0.2) is 10.9 Å². The third-order valence-corrected chi connectivity index (χ3v) is 8.18. The highest BCUT2D eigenvalue weighted by Gasteiger charge is 2.36. The molecule has 3 rings (SSSR count). The van der Waals surface area contributed by atoms with Crippen LogP contribution >= 0.6 is 11.3 Å². The third kappa shape index (κ3) is 8.51. The van der Waals surface area contributed by atoms with Crippen molar-refractivity contribution in [3.05, 3.63) is 46.9 Å². The van der Waals surface area contributed by atoms with E-state index < -0.39 is 39.2 Å². The van der Waals surface area contributed by atoms with Crippen molar-refractivity contribution in [3.8, 4) is 5.75 Å². The number of sulfonamides is 1. The molecule has 0 bridgehead atoms. The molecule has 1 amide bonds. The largest absolute Gasteiger partial charge is 0.573 e. The molecule has 0 spiro atoms. The van der Waals surface area contributed by atoms with Gasteiger partial charge < -0.3 is 14.8 Å². The number of nitrogens with zero attached hydrogens (tertiary/aromatic N) is 3. The number of aromatic nitrogens is 1. The molecular weight excluding hydrogens is 559 g/mol. The van der Waals surface area contributed by atoms with Gasteiger partial charge in [-0.3, -0.25) is 14.5 Å². The molecule has 0 aliphatic heterocycles. The Morgan fingerprint density at radius 1 is 1.33 bits per heavy atom. The fourth-order valence-electron chi connectivity index (χ4n) is 3.44. The maximum atomic E-state index is 13.2. The molecule has 1 aliphatic rings. The summed E-state index contributed by atoms with van der Waals surface area (Å²) < 4.78 is 75.9. The number of amides is 1. The van der Waals surface area contributed by atoms with E-state index in [2.05, 4.69) is 36.5 Å². The topological polar surface area (TPSA) is 131 Å². The second-order valence-electron chi connectivity index (χ2n) is 8.41. The Kier molecular flexibility index (Phi) is 9.72. The van der Waals surface area contributed by atoms with Gasteiger partial charge in [0.05, 0.1) is 35.4 Å². The Hall–Kier alpha value is -3.46. The monoisotopic (exact) mass is 587 g/mol. The van der Waals surface area contributed by atoms with Gasteiger partial charge in [-0.05, 0) is 57.5 Å². The Balaban J connectivity index is 1.85. The van der Waals surface area contributed by atoms with E-state index in [1.807, 2.05) is 0 Å². The molecule has 212 valence electrons. The lowest BCUT2D eigenvalue weighted by molar-refractivity contribution is -0.274. The van der Waals surface area contributed by atoms with Crippen LogP contribution in [0.4, 0.5) is 24.0 Å². The molecule has 1 aliphatic carbocycles. The number of nitrogens with one attached hydrogen (secondary N) is 2. The van der Waals surface area contributed by atoms with Gasteiger partial charge in [0.2, 0.25) is 21.8 Å². The Bertz CT molecular complexity index is 1370. The molecule has 1 aromatic carbocycles. The van der Waals surface area contributed by atoms with Crippen LogP contribution in [0.25, 0.3) is 0 Å². The van der Waals surface area contributed by atoms with Gasteiger partial charge in [-0.25, -0.2) is 18.4 Å². The number of hydrogen-bond acceptors (Lipinski definition) is 9.